The van der Waals surface area contributed by atoms with Crippen LogP contribution >= 0.6 is 0 Å². The normalized spacial score (nSPS) is 16.3. The quantitative estimate of drug-likeness (QED) is 0.0558. The largest absolute Gasteiger partial charge is 0.394 e. The van der Waals surface area contributed by atoms with Crippen molar-refractivity contribution < 1.29 is 14.6 Å². The van der Waals surface area contributed by atoms with Crippen molar-refractivity contribution in [2.75, 3.05) is 26.2 Å². The van der Waals surface area contributed by atoms with Crippen molar-refractivity contribution in [3.63, 3.8) is 0 Å². The summed E-state index contributed by atoms with van der Waals surface area (Å²) in [4.78, 5) is 44.2. The van der Waals surface area contributed by atoms with E-state index in [4.69, 9.17) is 4.74 Å². The monoisotopic (exact) mass is 736 g/mol. The van der Waals surface area contributed by atoms with Gasteiger partial charge in [0.15, 0.2) is 6.23 Å². The number of amides is 1. The number of carbonyl (C=O) groups excluding carboxylic acids is 1. The summed E-state index contributed by atoms with van der Waals surface area (Å²) in [6.07, 6.45) is 17.2. The second-order valence-corrected chi connectivity index (χ2v) is 14.7. The minimum absolute atomic E-state index is 0.151. The zero-order valence-corrected chi connectivity index (χ0v) is 32.1. The van der Waals surface area contributed by atoms with Gasteiger partial charge in [-0.25, -0.2) is 4.79 Å². The number of aromatic nitrogens is 2. The number of aromatic amines is 1. The minimum atomic E-state index is -0.909. The highest BCUT2D eigenvalue weighted by Crippen LogP contribution is 2.44. The molecular weight excluding hydrogens is 677 g/mol. The average Bonchev–Trinajstić information content (AvgIpc) is 3.20. The van der Waals surface area contributed by atoms with Crippen molar-refractivity contribution in [1.29, 1.82) is 0 Å². The van der Waals surface area contributed by atoms with Crippen LogP contribution in [-0.4, -0.2) is 57.8 Å². The number of hydrogen-bond acceptors (Lipinski definition) is 6. The van der Waals surface area contributed by atoms with Crippen molar-refractivity contribution in [3.8, 4) is 0 Å². The lowest BCUT2D eigenvalue weighted by molar-refractivity contribution is -0.151. The number of carbonyl (C=O) groups is 1. The van der Waals surface area contributed by atoms with Gasteiger partial charge in [0.25, 0.3) is 11.5 Å². The zero-order chi connectivity index (χ0) is 38.0. The number of H-pyrrole nitrogens is 1. The maximum atomic E-state index is 13.4. The fourth-order valence-corrected chi connectivity index (χ4v) is 7.91. The van der Waals surface area contributed by atoms with Crippen LogP contribution in [0.1, 0.15) is 130 Å². The van der Waals surface area contributed by atoms with E-state index >= 15 is 0 Å². The van der Waals surface area contributed by atoms with E-state index in [1.165, 1.54) is 81.4 Å². The minimum Gasteiger partial charge on any atom is -0.394 e. The van der Waals surface area contributed by atoms with E-state index in [-0.39, 0.29) is 18.7 Å². The summed E-state index contributed by atoms with van der Waals surface area (Å²) < 4.78 is 7.60. The van der Waals surface area contributed by atoms with Crippen molar-refractivity contribution in [1.82, 2.24) is 19.8 Å². The average molecular weight is 737 g/mol. The van der Waals surface area contributed by atoms with Crippen LogP contribution in [0.5, 0.6) is 0 Å². The number of aliphatic hydroxyl groups is 1. The number of aliphatic hydroxyl groups excluding tert-OH is 1. The van der Waals surface area contributed by atoms with E-state index in [0.29, 0.717) is 13.1 Å². The van der Waals surface area contributed by atoms with Crippen LogP contribution < -0.4 is 16.6 Å². The molecule has 290 valence electrons. The Balaban J connectivity index is 1.25. The van der Waals surface area contributed by atoms with Gasteiger partial charge in [-0.05, 0) is 23.1 Å². The molecule has 0 aliphatic carbocycles. The molecule has 9 nitrogen and oxygen atoms in total. The Morgan fingerprint density at radius 1 is 0.722 bits per heavy atom. The number of rotatable bonds is 22. The molecule has 3 N–H and O–H groups in total. The number of benzene rings is 3. The second-order valence-electron chi connectivity index (χ2n) is 14.7. The van der Waals surface area contributed by atoms with Gasteiger partial charge in [-0.3, -0.25) is 24.0 Å². The van der Waals surface area contributed by atoms with Gasteiger partial charge >= 0.3 is 5.69 Å². The molecule has 2 atom stereocenters. The Morgan fingerprint density at radius 2 is 1.19 bits per heavy atom. The van der Waals surface area contributed by atoms with Gasteiger partial charge in [-0.1, -0.05) is 181 Å². The third-order valence-corrected chi connectivity index (χ3v) is 10.7. The van der Waals surface area contributed by atoms with Crippen molar-refractivity contribution >= 4 is 5.91 Å². The highest BCUT2D eigenvalue weighted by molar-refractivity contribution is 5.93. The lowest BCUT2D eigenvalue weighted by Crippen LogP contribution is -2.58. The highest BCUT2D eigenvalue weighted by Gasteiger charge is 2.46. The molecule has 54 heavy (non-hydrogen) atoms. The molecule has 0 radical (unpaired) electrons. The van der Waals surface area contributed by atoms with E-state index in [9.17, 15) is 19.5 Å². The first-order valence-electron chi connectivity index (χ1n) is 20.3. The summed E-state index contributed by atoms with van der Waals surface area (Å²) in [5.41, 5.74) is 0.636. The molecule has 1 aromatic heterocycles. The van der Waals surface area contributed by atoms with E-state index in [0.717, 1.165) is 36.0 Å². The van der Waals surface area contributed by atoms with Crippen LogP contribution in [0.25, 0.3) is 0 Å². The topological polar surface area (TPSA) is 117 Å². The van der Waals surface area contributed by atoms with E-state index in [1.807, 2.05) is 54.6 Å². The number of morpholine rings is 1. The smallest absolute Gasteiger partial charge is 0.330 e. The van der Waals surface area contributed by atoms with E-state index < -0.39 is 35.0 Å². The lowest BCUT2D eigenvalue weighted by atomic mass is 9.75. The Morgan fingerprint density at radius 3 is 1.65 bits per heavy atom. The molecule has 1 saturated heterocycles. The van der Waals surface area contributed by atoms with Gasteiger partial charge < -0.3 is 15.2 Å². The zero-order valence-electron chi connectivity index (χ0n) is 32.1. The molecule has 0 saturated carbocycles. The second kappa shape index (κ2) is 21.5. The van der Waals surface area contributed by atoms with Gasteiger partial charge in [0.1, 0.15) is 5.56 Å². The molecule has 9 heteroatoms. The molecule has 4 aromatic rings. The van der Waals surface area contributed by atoms with Crippen LogP contribution in [-0.2, 0) is 10.3 Å². The molecular formula is C45H60N4O5. The predicted octanol–water partition coefficient (Wildman–Crippen LogP) is 7.93. The molecule has 0 unspecified atom stereocenters. The molecule has 2 heterocycles. The van der Waals surface area contributed by atoms with Crippen LogP contribution in [0.2, 0.25) is 0 Å². The molecule has 1 aliphatic rings. The molecule has 0 spiro atoms. The predicted molar refractivity (Wildman–Crippen MR) is 216 cm³/mol. The van der Waals surface area contributed by atoms with Crippen LogP contribution in [0.3, 0.4) is 0 Å². The van der Waals surface area contributed by atoms with Gasteiger partial charge in [-0.2, -0.15) is 0 Å². The number of unbranched alkanes of at least 4 members (excludes halogenated alkanes) is 13. The molecule has 3 aromatic carbocycles. The fourth-order valence-electron chi connectivity index (χ4n) is 7.91. The summed E-state index contributed by atoms with van der Waals surface area (Å²) in [6, 6.07) is 30.5. The summed E-state index contributed by atoms with van der Waals surface area (Å²) in [5.74, 6) is -0.529. The summed E-state index contributed by atoms with van der Waals surface area (Å²) in [6.45, 7) is 3.00. The van der Waals surface area contributed by atoms with Crippen LogP contribution in [0.15, 0.2) is 107 Å². The van der Waals surface area contributed by atoms with Crippen molar-refractivity contribution in [2.24, 2.45) is 0 Å². The van der Waals surface area contributed by atoms with Crippen LogP contribution in [0, 0.1) is 0 Å². The third kappa shape index (κ3) is 10.7. The highest BCUT2D eigenvalue weighted by atomic mass is 16.5. The molecule has 0 bridgehead atoms. The fraction of sp³-hybridized carbons (Fsp3) is 0.489. The Bertz CT molecular complexity index is 1700. The molecule has 1 amide bonds. The summed E-state index contributed by atoms with van der Waals surface area (Å²) >= 11 is 0. The Labute approximate surface area is 320 Å². The molecule has 1 aliphatic heterocycles. The van der Waals surface area contributed by atoms with Crippen molar-refractivity contribution in [3.05, 3.63) is 140 Å². The summed E-state index contributed by atoms with van der Waals surface area (Å²) in [5, 5.41) is 13.4. The van der Waals surface area contributed by atoms with E-state index in [1.54, 1.807) is 0 Å². The first-order valence-corrected chi connectivity index (χ1v) is 20.3. The first-order chi connectivity index (χ1) is 26.5. The molecule has 5 rings (SSSR count). The third-order valence-electron chi connectivity index (χ3n) is 10.7. The Hall–Kier alpha value is -4.31. The number of nitrogens with zero attached hydrogens (tertiary/aromatic N) is 2. The van der Waals surface area contributed by atoms with E-state index in [2.05, 4.69) is 58.5 Å². The molecule has 1 fully saturated rings. The van der Waals surface area contributed by atoms with Gasteiger partial charge in [0.2, 0.25) is 0 Å². The first kappa shape index (κ1) is 40.9. The van der Waals surface area contributed by atoms with Gasteiger partial charge in [-0.15, -0.1) is 0 Å². The van der Waals surface area contributed by atoms with Crippen LogP contribution in [0.4, 0.5) is 0 Å². The van der Waals surface area contributed by atoms with Gasteiger partial charge in [0.05, 0.1) is 18.2 Å². The maximum Gasteiger partial charge on any atom is 0.330 e. The standard InChI is InChI=1S/C45H60N4O5/c1-2-3-4-5-6-7-8-9-10-11-12-13-14-24-31-46-42(51)40-33-49(44(53)47-43(40)52)41-34-48(32-39(35-50)54-41)45(36-25-18-15-19-26-36,37-27-20-16-21-28-37)38-29-22-17-23-30-38/h15-23,25-30,33,39,41,50H,2-14,24,31-32,34-35H2,1H3,(H,46,51)(H,47,52,53)/t39-,41+/m0/s1. The Kier molecular flexibility index (Phi) is 16.3. The summed E-state index contributed by atoms with van der Waals surface area (Å²) in [7, 11) is 0. The number of hydrogen-bond donors (Lipinski definition) is 3. The number of ether oxygens (including phenoxy) is 1. The van der Waals surface area contributed by atoms with Gasteiger partial charge in [0, 0.05) is 25.8 Å². The lowest BCUT2D eigenvalue weighted by Gasteiger charge is -2.50. The number of nitrogens with one attached hydrogen (secondary N) is 2. The van der Waals surface area contributed by atoms with Crippen molar-refractivity contribution in [2.45, 2.75) is 115 Å². The maximum absolute atomic E-state index is 13.4. The SMILES string of the molecule is CCCCCCCCCCCCCCCCNC(=O)c1cn([C@H]2CN(C(c3ccccc3)(c3ccccc3)c3ccccc3)C[C@@H](CO)O2)c(=O)[nH]c1=O.